The number of aryl methyl sites for hydroxylation is 1. The fourth-order valence-electron chi connectivity index (χ4n) is 2.41. The van der Waals surface area contributed by atoms with Gasteiger partial charge in [0.05, 0.1) is 0 Å². The largest absolute Gasteiger partial charge is 0.356 e. The van der Waals surface area contributed by atoms with Gasteiger partial charge in [0.1, 0.15) is 0 Å². The lowest BCUT2D eigenvalue weighted by molar-refractivity contribution is -0.121. The third-order valence-electron chi connectivity index (χ3n) is 3.72. The molecule has 5 nitrogen and oxygen atoms in total. The summed E-state index contributed by atoms with van der Waals surface area (Å²) in [5.41, 5.74) is 1.49. The van der Waals surface area contributed by atoms with Gasteiger partial charge in [0.15, 0.2) is 5.82 Å². The summed E-state index contributed by atoms with van der Waals surface area (Å²) in [6.07, 6.45) is 9.18. The molecule has 0 fully saturated rings. The van der Waals surface area contributed by atoms with Crippen LogP contribution in [-0.4, -0.2) is 22.6 Å². The molecular formula is C16H25N3O2. The van der Waals surface area contributed by atoms with Crippen LogP contribution in [0.2, 0.25) is 0 Å². The molecule has 0 aromatic carbocycles. The highest BCUT2D eigenvalue weighted by Crippen LogP contribution is 2.19. The highest BCUT2D eigenvalue weighted by atomic mass is 16.5. The molecule has 0 aliphatic heterocycles. The Balaban J connectivity index is 1.63. The number of amides is 1. The molecule has 0 saturated heterocycles. The topological polar surface area (TPSA) is 68.0 Å². The van der Waals surface area contributed by atoms with E-state index < -0.39 is 0 Å². The summed E-state index contributed by atoms with van der Waals surface area (Å²) in [5, 5.41) is 6.85. The predicted molar refractivity (Wildman–Crippen MR) is 80.9 cm³/mol. The Morgan fingerprint density at radius 2 is 2.24 bits per heavy atom. The molecule has 0 radical (unpaired) electrons. The zero-order valence-electron chi connectivity index (χ0n) is 13.0. The molecule has 0 atom stereocenters. The van der Waals surface area contributed by atoms with Crippen molar-refractivity contribution in [2.45, 2.75) is 64.7 Å². The number of hydrogen-bond acceptors (Lipinski definition) is 4. The van der Waals surface area contributed by atoms with Crippen molar-refractivity contribution in [1.29, 1.82) is 0 Å². The van der Waals surface area contributed by atoms with E-state index in [9.17, 15) is 4.79 Å². The Hall–Kier alpha value is -1.65. The Morgan fingerprint density at radius 1 is 1.38 bits per heavy atom. The van der Waals surface area contributed by atoms with Crippen molar-refractivity contribution >= 4 is 5.91 Å². The van der Waals surface area contributed by atoms with Crippen molar-refractivity contribution in [1.82, 2.24) is 15.5 Å². The van der Waals surface area contributed by atoms with E-state index in [1.165, 1.54) is 31.3 Å². The van der Waals surface area contributed by atoms with Crippen molar-refractivity contribution < 1.29 is 9.32 Å². The number of nitrogens with zero attached hydrogens (tertiary/aromatic N) is 2. The summed E-state index contributed by atoms with van der Waals surface area (Å²) in [4.78, 5) is 16.0. The van der Waals surface area contributed by atoms with Gasteiger partial charge in [0, 0.05) is 25.3 Å². The second-order valence-corrected chi connectivity index (χ2v) is 5.91. The Morgan fingerprint density at radius 3 is 2.90 bits per heavy atom. The maximum Gasteiger partial charge on any atom is 0.227 e. The molecule has 1 aromatic rings. The number of rotatable bonds is 7. The zero-order chi connectivity index (χ0) is 15.1. The van der Waals surface area contributed by atoms with Gasteiger partial charge in [-0.05, 0) is 32.1 Å². The lowest BCUT2D eigenvalue weighted by atomic mass is 9.97. The molecule has 116 valence electrons. The average Bonchev–Trinajstić information content (AvgIpc) is 2.95. The van der Waals surface area contributed by atoms with Gasteiger partial charge >= 0.3 is 0 Å². The first kappa shape index (κ1) is 15.7. The van der Waals surface area contributed by atoms with Gasteiger partial charge in [-0.2, -0.15) is 4.98 Å². The average molecular weight is 291 g/mol. The van der Waals surface area contributed by atoms with Crippen LogP contribution in [-0.2, 0) is 11.2 Å². The van der Waals surface area contributed by atoms with E-state index >= 15 is 0 Å². The van der Waals surface area contributed by atoms with Crippen molar-refractivity contribution in [2.24, 2.45) is 0 Å². The van der Waals surface area contributed by atoms with E-state index in [1.807, 2.05) is 13.8 Å². The van der Waals surface area contributed by atoms with Crippen LogP contribution in [0.25, 0.3) is 0 Å². The first-order valence-electron chi connectivity index (χ1n) is 7.92. The van der Waals surface area contributed by atoms with Crippen LogP contribution < -0.4 is 5.32 Å². The first-order chi connectivity index (χ1) is 10.1. The number of aromatic nitrogens is 2. The van der Waals surface area contributed by atoms with Gasteiger partial charge in [-0.3, -0.25) is 4.79 Å². The molecule has 1 N–H and O–H groups in total. The zero-order valence-corrected chi connectivity index (χ0v) is 13.0. The minimum Gasteiger partial charge on any atom is -0.356 e. The highest BCUT2D eigenvalue weighted by Gasteiger charge is 2.11. The lowest BCUT2D eigenvalue weighted by Gasteiger charge is -2.12. The van der Waals surface area contributed by atoms with Gasteiger partial charge in [0.25, 0.3) is 0 Å². The molecule has 1 aromatic heterocycles. The summed E-state index contributed by atoms with van der Waals surface area (Å²) >= 11 is 0. The molecule has 2 rings (SSSR count). The van der Waals surface area contributed by atoms with Gasteiger partial charge < -0.3 is 9.84 Å². The quantitative estimate of drug-likeness (QED) is 0.784. The molecule has 5 heteroatoms. The molecular weight excluding hydrogens is 266 g/mol. The molecule has 0 saturated carbocycles. The van der Waals surface area contributed by atoms with Crippen LogP contribution >= 0.6 is 0 Å². The van der Waals surface area contributed by atoms with Gasteiger partial charge in [-0.15, -0.1) is 0 Å². The molecule has 1 amide bonds. The van der Waals surface area contributed by atoms with Gasteiger partial charge in [-0.1, -0.05) is 30.7 Å². The molecule has 1 aliphatic carbocycles. The Bertz CT molecular complexity index is 491. The summed E-state index contributed by atoms with van der Waals surface area (Å²) < 4.78 is 5.13. The maximum absolute atomic E-state index is 11.8. The number of allylic oxidation sites excluding steroid dienone is 1. The fraction of sp³-hybridized carbons (Fsp3) is 0.688. The number of nitrogens with one attached hydrogen (secondary N) is 1. The molecule has 21 heavy (non-hydrogen) atoms. The smallest absolute Gasteiger partial charge is 0.227 e. The number of carbonyl (C=O) groups is 1. The van der Waals surface area contributed by atoms with Crippen molar-refractivity contribution in [3.63, 3.8) is 0 Å². The van der Waals surface area contributed by atoms with Crippen molar-refractivity contribution in [3.8, 4) is 0 Å². The second kappa shape index (κ2) is 7.96. The highest BCUT2D eigenvalue weighted by molar-refractivity contribution is 5.75. The summed E-state index contributed by atoms with van der Waals surface area (Å²) in [7, 11) is 0. The lowest BCUT2D eigenvalue weighted by Crippen LogP contribution is -2.25. The SMILES string of the molecule is CC(C)c1noc(CCC(=O)NCCC2=CCCCC2)n1. The van der Waals surface area contributed by atoms with Crippen LogP contribution in [0.4, 0.5) is 0 Å². The maximum atomic E-state index is 11.8. The van der Waals surface area contributed by atoms with E-state index in [0.717, 1.165) is 13.0 Å². The number of carbonyl (C=O) groups excluding carboxylic acids is 1. The number of hydrogen-bond donors (Lipinski definition) is 1. The predicted octanol–water partition coefficient (Wildman–Crippen LogP) is 3.13. The van der Waals surface area contributed by atoms with E-state index in [1.54, 1.807) is 0 Å². The summed E-state index contributed by atoms with van der Waals surface area (Å²) in [5.74, 6) is 1.55. The van der Waals surface area contributed by atoms with E-state index in [0.29, 0.717) is 24.6 Å². The molecule has 0 bridgehead atoms. The standard InChI is InChI=1S/C16H25N3O2/c1-12(2)16-18-15(21-19-16)9-8-14(20)17-11-10-13-6-4-3-5-7-13/h6,12H,3-5,7-11H2,1-2H3,(H,17,20). The van der Waals surface area contributed by atoms with Gasteiger partial charge in [-0.25, -0.2) is 0 Å². The van der Waals surface area contributed by atoms with Gasteiger partial charge in [0.2, 0.25) is 11.8 Å². The monoisotopic (exact) mass is 291 g/mol. The Labute approximate surface area is 126 Å². The summed E-state index contributed by atoms with van der Waals surface area (Å²) in [6.45, 7) is 4.76. The van der Waals surface area contributed by atoms with Crippen LogP contribution in [0.15, 0.2) is 16.2 Å². The first-order valence-corrected chi connectivity index (χ1v) is 7.92. The third kappa shape index (κ3) is 5.33. The minimum absolute atomic E-state index is 0.0516. The van der Waals surface area contributed by atoms with Crippen molar-refractivity contribution in [2.75, 3.05) is 6.54 Å². The summed E-state index contributed by atoms with van der Waals surface area (Å²) in [6, 6.07) is 0. The van der Waals surface area contributed by atoms with Crippen LogP contribution in [0.3, 0.4) is 0 Å². The molecule has 1 heterocycles. The van der Waals surface area contributed by atoms with E-state index in [2.05, 4.69) is 21.5 Å². The molecule has 0 unspecified atom stereocenters. The van der Waals surface area contributed by atoms with Crippen molar-refractivity contribution in [3.05, 3.63) is 23.4 Å². The van der Waals surface area contributed by atoms with Crippen LogP contribution in [0.5, 0.6) is 0 Å². The van der Waals surface area contributed by atoms with Crippen LogP contribution in [0.1, 0.15) is 70.0 Å². The Kier molecular flexibility index (Phi) is 5.96. The third-order valence-corrected chi connectivity index (χ3v) is 3.72. The normalized spacial score (nSPS) is 15.1. The van der Waals surface area contributed by atoms with E-state index in [4.69, 9.17) is 4.52 Å². The minimum atomic E-state index is 0.0516. The van der Waals surface area contributed by atoms with Crippen LogP contribution in [0, 0.1) is 0 Å². The molecule has 1 aliphatic rings. The molecule has 0 spiro atoms. The van der Waals surface area contributed by atoms with E-state index in [-0.39, 0.29) is 11.8 Å². The fourth-order valence-corrected chi connectivity index (χ4v) is 2.41. The second-order valence-electron chi connectivity index (χ2n) is 5.91.